The first-order valence-corrected chi connectivity index (χ1v) is 6.35. The van der Waals surface area contributed by atoms with Crippen LogP contribution in [0.15, 0.2) is 12.1 Å². The lowest BCUT2D eigenvalue weighted by Gasteiger charge is -2.42. The van der Waals surface area contributed by atoms with Crippen molar-refractivity contribution in [1.82, 2.24) is 0 Å². The fraction of sp³-hybridized carbons (Fsp3) is 0.571. The van der Waals surface area contributed by atoms with Crippen molar-refractivity contribution in [2.24, 2.45) is 0 Å². The molecular weight excluding hydrogens is 211 g/mol. The smallest absolute Gasteiger partial charge is 0.423 e. The molecular formula is C14H19BO2. The number of aryl methyl sites for hydroxylation is 1. The molecule has 1 heterocycles. The van der Waals surface area contributed by atoms with Gasteiger partial charge in [-0.15, -0.1) is 0 Å². The largest absolute Gasteiger partial charge is 0.492 e. The van der Waals surface area contributed by atoms with Gasteiger partial charge in [0.25, 0.3) is 0 Å². The highest BCUT2D eigenvalue weighted by Gasteiger charge is 2.50. The monoisotopic (exact) mass is 230 g/mol. The first-order chi connectivity index (χ1) is 7.85. The van der Waals surface area contributed by atoms with Crippen LogP contribution in [0.4, 0.5) is 0 Å². The van der Waals surface area contributed by atoms with Gasteiger partial charge in [0, 0.05) is 0 Å². The first-order valence-electron chi connectivity index (χ1n) is 6.35. The maximum Gasteiger partial charge on any atom is 0.492 e. The van der Waals surface area contributed by atoms with Crippen LogP contribution in [-0.2, 0) is 15.7 Å². The van der Waals surface area contributed by atoms with E-state index in [4.69, 9.17) is 4.65 Å². The molecule has 0 saturated heterocycles. The summed E-state index contributed by atoms with van der Waals surface area (Å²) in [7, 11) is -0.747. The minimum atomic E-state index is -0.747. The quantitative estimate of drug-likeness (QED) is 0.690. The van der Waals surface area contributed by atoms with Gasteiger partial charge in [-0.1, -0.05) is 26.0 Å². The predicted octanol–water partition coefficient (Wildman–Crippen LogP) is 2.00. The van der Waals surface area contributed by atoms with Crippen LogP contribution in [0.2, 0.25) is 0 Å². The van der Waals surface area contributed by atoms with E-state index in [1.807, 2.05) is 6.07 Å². The molecule has 1 unspecified atom stereocenters. The Morgan fingerprint density at radius 1 is 1.18 bits per heavy atom. The summed E-state index contributed by atoms with van der Waals surface area (Å²) in [6.07, 6.45) is 2.09. The van der Waals surface area contributed by atoms with Crippen LogP contribution in [0, 0.1) is 6.92 Å². The molecule has 0 spiro atoms. The second-order valence-corrected chi connectivity index (χ2v) is 6.31. The molecule has 0 amide bonds. The van der Waals surface area contributed by atoms with Gasteiger partial charge in [-0.3, -0.25) is 0 Å². The van der Waals surface area contributed by atoms with Gasteiger partial charge in [0.15, 0.2) is 0 Å². The lowest BCUT2D eigenvalue weighted by molar-refractivity contribution is 0.0509. The van der Waals surface area contributed by atoms with Crippen LogP contribution in [0.1, 0.15) is 50.3 Å². The minimum Gasteiger partial charge on any atom is -0.423 e. The zero-order chi connectivity index (χ0) is 12.4. The van der Waals surface area contributed by atoms with E-state index in [0.29, 0.717) is 0 Å². The van der Waals surface area contributed by atoms with Gasteiger partial charge in [0.05, 0.1) is 5.60 Å². The zero-order valence-electron chi connectivity index (χ0n) is 11.0. The molecule has 17 heavy (non-hydrogen) atoms. The second kappa shape index (κ2) is 3.15. The average molecular weight is 230 g/mol. The van der Waals surface area contributed by atoms with Gasteiger partial charge in [0.2, 0.25) is 0 Å². The van der Waals surface area contributed by atoms with Crippen LogP contribution in [0.5, 0.6) is 0 Å². The van der Waals surface area contributed by atoms with E-state index < -0.39 is 7.12 Å². The first kappa shape index (κ1) is 11.3. The van der Waals surface area contributed by atoms with Crippen LogP contribution in [-0.4, -0.2) is 12.1 Å². The highest BCUT2D eigenvalue weighted by Crippen LogP contribution is 2.49. The summed E-state index contributed by atoms with van der Waals surface area (Å²) >= 11 is 0. The molecule has 1 atom stereocenters. The Morgan fingerprint density at radius 2 is 1.88 bits per heavy atom. The normalized spacial score (nSPS) is 29.4. The molecule has 1 aliphatic carbocycles. The maximum atomic E-state index is 10.0. The van der Waals surface area contributed by atoms with Gasteiger partial charge in [-0.05, 0) is 54.3 Å². The molecule has 1 N–H and O–H groups in total. The maximum absolute atomic E-state index is 10.0. The summed E-state index contributed by atoms with van der Waals surface area (Å²) in [4.78, 5) is 0. The Labute approximate surface area is 103 Å². The lowest BCUT2D eigenvalue weighted by Crippen LogP contribution is -2.37. The van der Waals surface area contributed by atoms with Crippen molar-refractivity contribution in [2.45, 2.75) is 51.6 Å². The Balaban J connectivity index is 2.36. The SMILES string of the molecule is Cc1ccc2c3c1C(C)(C)CCC3(C)OB2O. The Morgan fingerprint density at radius 3 is 2.59 bits per heavy atom. The molecule has 0 radical (unpaired) electrons. The Kier molecular flexibility index (Phi) is 2.10. The highest BCUT2D eigenvalue weighted by molar-refractivity contribution is 6.62. The molecule has 1 aromatic rings. The molecule has 0 aromatic heterocycles. The minimum absolute atomic E-state index is 0.183. The van der Waals surface area contributed by atoms with E-state index in [2.05, 4.69) is 33.8 Å². The van der Waals surface area contributed by atoms with Crippen molar-refractivity contribution in [1.29, 1.82) is 0 Å². The van der Waals surface area contributed by atoms with Gasteiger partial charge in [-0.25, -0.2) is 0 Å². The van der Waals surface area contributed by atoms with Crippen LogP contribution in [0.25, 0.3) is 0 Å². The molecule has 0 saturated carbocycles. The van der Waals surface area contributed by atoms with Crippen molar-refractivity contribution in [3.05, 3.63) is 28.8 Å². The third kappa shape index (κ3) is 1.36. The molecule has 1 aromatic carbocycles. The molecule has 90 valence electrons. The fourth-order valence-corrected chi connectivity index (χ4v) is 3.60. The van der Waals surface area contributed by atoms with E-state index >= 15 is 0 Å². The van der Waals surface area contributed by atoms with Gasteiger partial charge >= 0.3 is 7.12 Å². The summed E-state index contributed by atoms with van der Waals surface area (Å²) in [5.41, 5.74) is 4.83. The summed E-state index contributed by atoms with van der Waals surface area (Å²) < 4.78 is 5.80. The summed E-state index contributed by atoms with van der Waals surface area (Å²) in [6.45, 7) is 8.85. The van der Waals surface area contributed by atoms with Crippen molar-refractivity contribution >= 4 is 12.6 Å². The van der Waals surface area contributed by atoms with E-state index in [1.165, 1.54) is 16.7 Å². The van der Waals surface area contributed by atoms with Crippen molar-refractivity contribution in [3.63, 3.8) is 0 Å². The van der Waals surface area contributed by atoms with Crippen LogP contribution < -0.4 is 5.46 Å². The number of benzene rings is 1. The average Bonchev–Trinajstić information content (AvgIpc) is 2.48. The number of rotatable bonds is 0. The van der Waals surface area contributed by atoms with Crippen molar-refractivity contribution < 1.29 is 9.68 Å². The Bertz CT molecular complexity index is 495. The fourth-order valence-electron chi connectivity index (χ4n) is 3.60. The summed E-state index contributed by atoms with van der Waals surface area (Å²) in [5.74, 6) is 0. The third-order valence-electron chi connectivity index (χ3n) is 4.52. The second-order valence-electron chi connectivity index (χ2n) is 6.31. The van der Waals surface area contributed by atoms with Crippen molar-refractivity contribution in [2.75, 3.05) is 0 Å². The van der Waals surface area contributed by atoms with Crippen LogP contribution >= 0.6 is 0 Å². The molecule has 3 rings (SSSR count). The Hall–Kier alpha value is -0.795. The standard InChI is InChI=1S/C14H19BO2/c1-9-5-6-10-12-11(9)13(2,3)7-8-14(12,4)17-15(10)16/h5-6,16H,7-8H2,1-4H3. The number of hydrogen-bond acceptors (Lipinski definition) is 2. The van der Waals surface area contributed by atoms with E-state index in [-0.39, 0.29) is 11.0 Å². The number of hydrogen-bond donors (Lipinski definition) is 1. The third-order valence-corrected chi connectivity index (χ3v) is 4.52. The zero-order valence-corrected chi connectivity index (χ0v) is 11.0. The lowest BCUT2D eigenvalue weighted by atomic mass is 9.63. The molecule has 0 fully saturated rings. The van der Waals surface area contributed by atoms with E-state index in [0.717, 1.165) is 18.3 Å². The summed E-state index contributed by atoms with van der Waals surface area (Å²) in [5, 5.41) is 10.0. The molecule has 0 bridgehead atoms. The van der Waals surface area contributed by atoms with E-state index in [1.54, 1.807) is 0 Å². The van der Waals surface area contributed by atoms with Gasteiger partial charge < -0.3 is 9.68 Å². The van der Waals surface area contributed by atoms with Gasteiger partial charge in [-0.2, -0.15) is 0 Å². The van der Waals surface area contributed by atoms with Crippen LogP contribution in [0.3, 0.4) is 0 Å². The molecule has 1 aliphatic heterocycles. The molecule has 3 heteroatoms. The topological polar surface area (TPSA) is 29.5 Å². The summed E-state index contributed by atoms with van der Waals surface area (Å²) in [6, 6.07) is 4.13. The highest BCUT2D eigenvalue weighted by atomic mass is 16.5. The molecule has 2 aliphatic rings. The predicted molar refractivity (Wildman–Crippen MR) is 69.5 cm³/mol. The van der Waals surface area contributed by atoms with E-state index in [9.17, 15) is 5.02 Å². The molecule has 2 nitrogen and oxygen atoms in total. The van der Waals surface area contributed by atoms with Crippen molar-refractivity contribution in [3.8, 4) is 0 Å². The van der Waals surface area contributed by atoms with Gasteiger partial charge in [0.1, 0.15) is 0 Å².